The van der Waals surface area contributed by atoms with Gasteiger partial charge in [0.1, 0.15) is 11.5 Å². The molecule has 0 aromatic heterocycles. The van der Waals surface area contributed by atoms with Crippen LogP contribution in [0, 0.1) is 11.8 Å². The van der Waals surface area contributed by atoms with Crippen LogP contribution in [0.25, 0.3) is 0 Å². The maximum Gasteiger partial charge on any atom is 0.275 e. The van der Waals surface area contributed by atoms with Gasteiger partial charge >= 0.3 is 0 Å². The van der Waals surface area contributed by atoms with Crippen LogP contribution in [0.3, 0.4) is 0 Å². The Hall–Kier alpha value is -1.91. The van der Waals surface area contributed by atoms with Crippen molar-refractivity contribution in [2.45, 2.75) is 54.9 Å². The van der Waals surface area contributed by atoms with Crippen molar-refractivity contribution in [3.05, 3.63) is 23.2 Å². The van der Waals surface area contributed by atoms with Crippen LogP contribution in [0.2, 0.25) is 0 Å². The van der Waals surface area contributed by atoms with Crippen LogP contribution in [0.15, 0.2) is 28.2 Å². The summed E-state index contributed by atoms with van der Waals surface area (Å²) >= 11 is 0. The van der Waals surface area contributed by atoms with E-state index < -0.39 is 0 Å². The fourth-order valence-corrected chi connectivity index (χ4v) is 1.43. The molecule has 0 heterocycles. The Bertz CT molecular complexity index is 482. The summed E-state index contributed by atoms with van der Waals surface area (Å²) in [6, 6.07) is 0. The molecule has 22 heavy (non-hydrogen) atoms. The maximum atomic E-state index is 12.4. The van der Waals surface area contributed by atoms with Crippen molar-refractivity contribution in [1.29, 1.82) is 0 Å². The second kappa shape index (κ2) is 9.92. The van der Waals surface area contributed by atoms with Gasteiger partial charge in [0, 0.05) is 12.1 Å². The van der Waals surface area contributed by atoms with Gasteiger partial charge in [-0.1, -0.05) is 34.6 Å². The molecule has 0 aliphatic carbocycles. The molecule has 0 aromatic carbocycles. The third-order valence-corrected chi connectivity index (χ3v) is 2.63. The Morgan fingerprint density at radius 1 is 1.09 bits per heavy atom. The molecule has 0 saturated heterocycles. The lowest BCUT2D eigenvalue weighted by Gasteiger charge is -2.14. The zero-order valence-corrected chi connectivity index (χ0v) is 14.8. The summed E-state index contributed by atoms with van der Waals surface area (Å²) < 4.78 is 0. The van der Waals surface area contributed by atoms with Gasteiger partial charge in [-0.25, -0.2) is 0 Å². The molecular weight excluding hydrogens is 278 g/mol. The number of carbonyl (C=O) groups excluding carboxylic acids is 2. The van der Waals surface area contributed by atoms with Gasteiger partial charge in [-0.05, 0) is 37.8 Å². The Morgan fingerprint density at radius 3 is 2.09 bits per heavy atom. The highest BCUT2D eigenvalue weighted by atomic mass is 16.2. The van der Waals surface area contributed by atoms with E-state index in [2.05, 4.69) is 15.6 Å². The Morgan fingerprint density at radius 2 is 1.68 bits per heavy atom. The van der Waals surface area contributed by atoms with Crippen LogP contribution in [-0.4, -0.2) is 18.0 Å². The van der Waals surface area contributed by atoms with Gasteiger partial charge in [-0.2, -0.15) is 0 Å². The van der Waals surface area contributed by atoms with Crippen LogP contribution in [-0.2, 0) is 9.59 Å². The Labute approximate surface area is 134 Å². The fraction of sp³-hybridized carbons (Fsp3) is 0.588. The highest BCUT2D eigenvalue weighted by molar-refractivity contribution is 5.96. The standard InChI is InChI=1S/C17H29N3O2/c1-8-9-14(19-16(21)13(6)7)20-17(22)15(12(4)5)18-10-11(2)3/h9-11,13H,8H2,1-7H3,(H,19,21)(H,20,22)/b14-9+,18-10-. The Balaban J connectivity index is 5.13. The molecule has 0 fully saturated rings. The number of amides is 2. The number of aliphatic imine (C=N–C) groups is 1. The second-order valence-corrected chi connectivity index (χ2v) is 5.99. The van der Waals surface area contributed by atoms with Gasteiger partial charge in [0.2, 0.25) is 5.91 Å². The Kier molecular flexibility index (Phi) is 9.06. The molecule has 0 aliphatic heterocycles. The average molecular weight is 307 g/mol. The van der Waals surface area contributed by atoms with Gasteiger partial charge < -0.3 is 10.6 Å². The van der Waals surface area contributed by atoms with Crippen LogP contribution in [0.1, 0.15) is 54.9 Å². The second-order valence-electron chi connectivity index (χ2n) is 5.99. The van der Waals surface area contributed by atoms with Crippen molar-refractivity contribution in [1.82, 2.24) is 10.6 Å². The summed E-state index contributed by atoms with van der Waals surface area (Å²) in [5.74, 6) is 0.0577. The van der Waals surface area contributed by atoms with Gasteiger partial charge in [-0.15, -0.1) is 0 Å². The predicted molar refractivity (Wildman–Crippen MR) is 91.2 cm³/mol. The minimum absolute atomic E-state index is 0.135. The van der Waals surface area contributed by atoms with Gasteiger partial charge in [0.05, 0.1) is 0 Å². The van der Waals surface area contributed by atoms with Crippen LogP contribution in [0.5, 0.6) is 0 Å². The monoisotopic (exact) mass is 307 g/mol. The lowest BCUT2D eigenvalue weighted by molar-refractivity contribution is -0.123. The third kappa shape index (κ3) is 7.76. The van der Waals surface area contributed by atoms with Crippen molar-refractivity contribution < 1.29 is 9.59 Å². The van der Waals surface area contributed by atoms with E-state index >= 15 is 0 Å². The first-order valence-electron chi connectivity index (χ1n) is 7.73. The van der Waals surface area contributed by atoms with Crippen molar-refractivity contribution in [2.24, 2.45) is 16.8 Å². The summed E-state index contributed by atoms with van der Waals surface area (Å²) in [6.45, 7) is 13.2. The summed E-state index contributed by atoms with van der Waals surface area (Å²) in [6.07, 6.45) is 4.21. The maximum absolute atomic E-state index is 12.4. The van der Waals surface area contributed by atoms with Crippen molar-refractivity contribution in [3.8, 4) is 0 Å². The molecule has 2 N–H and O–H groups in total. The van der Waals surface area contributed by atoms with Gasteiger partial charge in [0.25, 0.3) is 5.91 Å². The number of carbonyl (C=O) groups is 2. The molecule has 5 heteroatoms. The first-order valence-corrected chi connectivity index (χ1v) is 7.73. The largest absolute Gasteiger partial charge is 0.312 e. The summed E-state index contributed by atoms with van der Waals surface area (Å²) in [5, 5.41) is 5.45. The first kappa shape index (κ1) is 20.1. The van der Waals surface area contributed by atoms with Crippen molar-refractivity contribution in [2.75, 3.05) is 0 Å². The first-order chi connectivity index (χ1) is 10.2. The van der Waals surface area contributed by atoms with Crippen LogP contribution in [0.4, 0.5) is 0 Å². The third-order valence-electron chi connectivity index (χ3n) is 2.63. The molecule has 0 aliphatic rings. The molecule has 0 unspecified atom stereocenters. The number of hydrogen-bond acceptors (Lipinski definition) is 3. The zero-order valence-electron chi connectivity index (χ0n) is 14.8. The van der Waals surface area contributed by atoms with E-state index in [1.165, 1.54) is 0 Å². The van der Waals surface area contributed by atoms with E-state index in [0.29, 0.717) is 17.9 Å². The van der Waals surface area contributed by atoms with Crippen molar-refractivity contribution >= 4 is 18.0 Å². The number of rotatable bonds is 7. The zero-order chi connectivity index (χ0) is 17.3. The minimum Gasteiger partial charge on any atom is -0.312 e. The predicted octanol–water partition coefficient (Wildman–Crippen LogP) is 3.15. The molecular formula is C17H29N3O2. The number of hydrogen-bond donors (Lipinski definition) is 2. The minimum atomic E-state index is -0.319. The number of allylic oxidation sites excluding steroid dienone is 2. The lowest BCUT2D eigenvalue weighted by atomic mass is 10.2. The molecule has 0 aromatic rings. The molecule has 0 radical (unpaired) electrons. The van der Waals surface area contributed by atoms with Crippen molar-refractivity contribution in [3.63, 3.8) is 0 Å². The lowest BCUT2D eigenvalue weighted by Crippen LogP contribution is -2.37. The van der Waals surface area contributed by atoms with Crippen LogP contribution >= 0.6 is 0 Å². The molecule has 0 atom stereocenters. The topological polar surface area (TPSA) is 70.6 Å². The number of nitrogens with zero attached hydrogens (tertiary/aromatic N) is 1. The quantitative estimate of drug-likeness (QED) is 0.560. The van der Waals surface area contributed by atoms with E-state index in [9.17, 15) is 9.59 Å². The SMILES string of the molecule is CC/C=C(/NC(=O)C(/N=C\C(C)C)=C(C)C)NC(=O)C(C)C. The van der Waals surface area contributed by atoms with Crippen LogP contribution < -0.4 is 10.6 Å². The highest BCUT2D eigenvalue weighted by Gasteiger charge is 2.14. The van der Waals surface area contributed by atoms with Gasteiger partial charge in [0.15, 0.2) is 0 Å². The summed E-state index contributed by atoms with van der Waals surface area (Å²) in [7, 11) is 0. The normalized spacial score (nSPS) is 12.0. The molecule has 2 amide bonds. The molecule has 0 rings (SSSR count). The number of nitrogens with one attached hydrogen (secondary N) is 2. The fourth-order valence-electron chi connectivity index (χ4n) is 1.43. The molecule has 0 saturated carbocycles. The average Bonchev–Trinajstić information content (AvgIpc) is 2.37. The van der Waals surface area contributed by atoms with E-state index in [0.717, 1.165) is 5.57 Å². The van der Waals surface area contributed by atoms with E-state index in [-0.39, 0.29) is 23.7 Å². The van der Waals surface area contributed by atoms with Gasteiger partial charge in [-0.3, -0.25) is 14.6 Å². The van der Waals surface area contributed by atoms with E-state index in [1.807, 2.05) is 34.6 Å². The highest BCUT2D eigenvalue weighted by Crippen LogP contribution is 2.07. The summed E-state index contributed by atoms with van der Waals surface area (Å²) in [4.78, 5) is 28.4. The molecule has 124 valence electrons. The smallest absolute Gasteiger partial charge is 0.275 e. The molecule has 0 bridgehead atoms. The van der Waals surface area contributed by atoms with E-state index in [1.54, 1.807) is 26.1 Å². The molecule has 0 spiro atoms. The molecule has 5 nitrogen and oxygen atoms in total. The summed E-state index contributed by atoms with van der Waals surface area (Å²) in [5.41, 5.74) is 1.19. The van der Waals surface area contributed by atoms with E-state index in [4.69, 9.17) is 0 Å².